The van der Waals surface area contributed by atoms with Crippen LogP contribution < -0.4 is 4.90 Å². The fraction of sp³-hybridized carbons (Fsp3) is 0.421. The summed E-state index contributed by atoms with van der Waals surface area (Å²) in [7, 11) is 0. The van der Waals surface area contributed by atoms with Gasteiger partial charge in [-0.25, -0.2) is 0 Å². The first-order chi connectivity index (χ1) is 13.6. The lowest BCUT2D eigenvalue weighted by molar-refractivity contribution is -0.146. The van der Waals surface area contributed by atoms with E-state index in [0.29, 0.717) is 47.9 Å². The fourth-order valence-electron chi connectivity index (χ4n) is 3.79. The number of nitrogens with zero attached hydrogens (tertiary/aromatic N) is 5. The van der Waals surface area contributed by atoms with Crippen LogP contribution in [-0.4, -0.2) is 38.0 Å². The normalized spacial score (nSPS) is 17.1. The minimum absolute atomic E-state index is 0.0863. The number of aryl methyl sites for hydroxylation is 1. The van der Waals surface area contributed by atoms with Gasteiger partial charge in [0.1, 0.15) is 0 Å². The van der Waals surface area contributed by atoms with Gasteiger partial charge in [0.2, 0.25) is 0 Å². The number of rotatable bonds is 2. The Morgan fingerprint density at radius 1 is 1.07 bits per heavy atom. The highest BCUT2D eigenvalue weighted by Crippen LogP contribution is 2.38. The molecule has 1 N–H and O–H groups in total. The quantitative estimate of drug-likeness (QED) is 0.674. The fourth-order valence-corrected chi connectivity index (χ4v) is 4.10. The summed E-state index contributed by atoms with van der Waals surface area (Å²) in [5.41, 5.74) is 0.987. The maximum atomic E-state index is 13.3. The molecule has 1 aliphatic heterocycles. The van der Waals surface area contributed by atoms with Crippen LogP contribution in [0, 0.1) is 13.8 Å². The number of piperidine rings is 1. The lowest BCUT2D eigenvalue weighted by Gasteiger charge is -2.39. The second-order valence-corrected chi connectivity index (χ2v) is 7.74. The molecule has 1 aliphatic rings. The number of alkyl halides is 3. The van der Waals surface area contributed by atoms with Gasteiger partial charge in [0.25, 0.3) is 5.82 Å². The van der Waals surface area contributed by atoms with Gasteiger partial charge in [0, 0.05) is 34.8 Å². The lowest BCUT2D eigenvalue weighted by atomic mass is 9.84. The molecule has 0 atom stereocenters. The third-order valence-corrected chi connectivity index (χ3v) is 5.92. The molecule has 0 saturated carbocycles. The van der Waals surface area contributed by atoms with E-state index < -0.39 is 17.6 Å². The molecule has 0 spiro atoms. The molecule has 3 heterocycles. The van der Waals surface area contributed by atoms with Crippen molar-refractivity contribution in [3.8, 4) is 0 Å². The highest BCUT2D eigenvalue weighted by molar-refractivity contribution is 6.31. The number of hydrogen-bond donors (Lipinski definition) is 1. The van der Waals surface area contributed by atoms with Gasteiger partial charge in [-0.3, -0.25) is 0 Å². The van der Waals surface area contributed by atoms with E-state index in [4.69, 9.17) is 11.6 Å². The smallest absolute Gasteiger partial charge is 0.385 e. The predicted molar refractivity (Wildman–Crippen MR) is 102 cm³/mol. The van der Waals surface area contributed by atoms with Crippen LogP contribution in [0.15, 0.2) is 24.3 Å². The summed E-state index contributed by atoms with van der Waals surface area (Å²) in [5, 5.41) is 22.7. The van der Waals surface area contributed by atoms with Crippen LogP contribution in [0.25, 0.3) is 5.65 Å². The lowest BCUT2D eigenvalue weighted by Crippen LogP contribution is -2.43. The van der Waals surface area contributed by atoms with E-state index in [2.05, 4.69) is 15.3 Å². The van der Waals surface area contributed by atoms with Crippen LogP contribution in [0.5, 0.6) is 0 Å². The van der Waals surface area contributed by atoms with Gasteiger partial charge < -0.3 is 10.0 Å². The van der Waals surface area contributed by atoms with E-state index in [1.165, 1.54) is 0 Å². The molecule has 0 aliphatic carbocycles. The van der Waals surface area contributed by atoms with Gasteiger partial charge in [0.15, 0.2) is 11.5 Å². The second kappa shape index (κ2) is 6.84. The van der Waals surface area contributed by atoms with Crippen LogP contribution in [0.1, 0.15) is 35.4 Å². The van der Waals surface area contributed by atoms with E-state index in [1.807, 2.05) is 11.0 Å². The van der Waals surface area contributed by atoms with Crippen molar-refractivity contribution < 1.29 is 18.3 Å². The summed E-state index contributed by atoms with van der Waals surface area (Å²) < 4.78 is 40.5. The summed E-state index contributed by atoms with van der Waals surface area (Å²) >= 11 is 6.25. The Bertz CT molecular complexity index is 1070. The third kappa shape index (κ3) is 3.32. The monoisotopic (exact) mass is 425 g/mol. The van der Waals surface area contributed by atoms with E-state index in [9.17, 15) is 18.3 Å². The average Bonchev–Trinajstić information content (AvgIpc) is 3.10. The molecular weight excluding hydrogens is 407 g/mol. The van der Waals surface area contributed by atoms with E-state index >= 15 is 0 Å². The van der Waals surface area contributed by atoms with Gasteiger partial charge >= 0.3 is 6.18 Å². The molecule has 0 bridgehead atoms. The summed E-state index contributed by atoms with van der Waals surface area (Å²) in [6.07, 6.45) is -3.90. The van der Waals surface area contributed by atoms with Gasteiger partial charge in [-0.15, -0.1) is 15.3 Å². The zero-order chi connectivity index (χ0) is 21.0. The molecule has 154 valence electrons. The zero-order valence-corrected chi connectivity index (χ0v) is 16.6. The van der Waals surface area contributed by atoms with Gasteiger partial charge in [0.05, 0.1) is 5.60 Å². The molecule has 2 aromatic heterocycles. The first-order valence-electron chi connectivity index (χ1n) is 9.14. The molecule has 29 heavy (non-hydrogen) atoms. The number of hydrogen-bond acceptors (Lipinski definition) is 5. The maximum Gasteiger partial charge on any atom is 0.453 e. The van der Waals surface area contributed by atoms with Gasteiger partial charge in [-0.05, 0) is 32.8 Å². The number of anilines is 1. The second-order valence-electron chi connectivity index (χ2n) is 7.33. The number of halogens is 4. The van der Waals surface area contributed by atoms with Crippen molar-refractivity contribution in [2.75, 3.05) is 18.0 Å². The number of benzene rings is 1. The van der Waals surface area contributed by atoms with Crippen molar-refractivity contribution in [1.82, 2.24) is 19.8 Å². The molecule has 0 amide bonds. The van der Waals surface area contributed by atoms with Crippen LogP contribution in [0.4, 0.5) is 19.0 Å². The Morgan fingerprint density at radius 3 is 2.34 bits per heavy atom. The SMILES string of the molecule is Cc1c(N2CCC(O)(c3ccccc3Cl)CC2)nn2c(C(F)(F)F)nnc2c1C. The molecule has 3 aromatic rings. The predicted octanol–water partition coefficient (Wildman–Crippen LogP) is 3.90. The standard InChI is InChI=1S/C19H19ClF3N5O/c1-11-12(2)16(26-28-15(11)24-25-17(28)19(21,22)23)27-9-7-18(29,8-10-27)13-5-3-4-6-14(13)20/h3-6,29H,7-10H2,1-2H3. The molecular formula is C19H19ClF3N5O. The van der Waals surface area contributed by atoms with Crippen molar-refractivity contribution in [3.05, 3.63) is 51.8 Å². The van der Waals surface area contributed by atoms with Crippen molar-refractivity contribution >= 4 is 23.1 Å². The molecule has 0 unspecified atom stereocenters. The van der Waals surface area contributed by atoms with Crippen molar-refractivity contribution in [3.63, 3.8) is 0 Å². The Kier molecular flexibility index (Phi) is 4.70. The minimum Gasteiger partial charge on any atom is -0.385 e. The largest absolute Gasteiger partial charge is 0.453 e. The van der Waals surface area contributed by atoms with Crippen LogP contribution >= 0.6 is 11.6 Å². The minimum atomic E-state index is -4.66. The number of aromatic nitrogens is 4. The zero-order valence-electron chi connectivity index (χ0n) is 15.8. The molecule has 4 rings (SSSR count). The van der Waals surface area contributed by atoms with Crippen LogP contribution in [-0.2, 0) is 11.8 Å². The summed E-state index contributed by atoms with van der Waals surface area (Å²) in [4.78, 5) is 1.88. The van der Waals surface area contributed by atoms with Crippen molar-refractivity contribution in [2.24, 2.45) is 0 Å². The topological polar surface area (TPSA) is 66.5 Å². The highest BCUT2D eigenvalue weighted by Gasteiger charge is 2.39. The molecule has 6 nitrogen and oxygen atoms in total. The third-order valence-electron chi connectivity index (χ3n) is 5.59. The first-order valence-corrected chi connectivity index (χ1v) is 9.52. The van der Waals surface area contributed by atoms with Gasteiger partial charge in [-0.2, -0.15) is 17.7 Å². The average molecular weight is 426 g/mol. The maximum absolute atomic E-state index is 13.3. The molecule has 1 fully saturated rings. The van der Waals surface area contributed by atoms with Crippen LogP contribution in [0.3, 0.4) is 0 Å². The Labute approximate surface area is 169 Å². The Balaban J connectivity index is 1.68. The number of fused-ring (bicyclic) bond motifs is 1. The molecule has 10 heteroatoms. The summed E-state index contributed by atoms with van der Waals surface area (Å²) in [6, 6.07) is 7.14. The van der Waals surface area contributed by atoms with Crippen molar-refractivity contribution in [2.45, 2.75) is 38.5 Å². The Hall–Kier alpha value is -2.39. The number of aliphatic hydroxyl groups is 1. The molecule has 1 aromatic carbocycles. The van der Waals surface area contributed by atoms with E-state index in [1.54, 1.807) is 32.0 Å². The first kappa shape index (κ1) is 19.9. The Morgan fingerprint density at radius 2 is 1.72 bits per heavy atom. The van der Waals surface area contributed by atoms with Gasteiger partial charge in [-0.1, -0.05) is 29.8 Å². The summed E-state index contributed by atoms with van der Waals surface area (Å²) in [6.45, 7) is 4.34. The van der Waals surface area contributed by atoms with E-state index in [-0.39, 0.29) is 5.65 Å². The summed E-state index contributed by atoms with van der Waals surface area (Å²) in [5.74, 6) is -0.719. The van der Waals surface area contributed by atoms with Crippen LogP contribution in [0.2, 0.25) is 5.02 Å². The molecule has 0 radical (unpaired) electrons. The highest BCUT2D eigenvalue weighted by atomic mass is 35.5. The molecule has 1 saturated heterocycles. The van der Waals surface area contributed by atoms with E-state index in [0.717, 1.165) is 10.1 Å². The van der Waals surface area contributed by atoms with Crippen molar-refractivity contribution in [1.29, 1.82) is 0 Å².